The molecule has 150 valence electrons. The van der Waals surface area contributed by atoms with Gasteiger partial charge >= 0.3 is 0 Å². The van der Waals surface area contributed by atoms with Gasteiger partial charge in [-0.3, -0.25) is 9.20 Å². The molecule has 4 aromatic rings. The Morgan fingerprint density at radius 3 is 2.58 bits per heavy atom. The molecule has 0 fully saturated rings. The van der Waals surface area contributed by atoms with Gasteiger partial charge in [-0.2, -0.15) is 10.5 Å². The topological polar surface area (TPSA) is 133 Å². The Morgan fingerprint density at radius 2 is 1.84 bits per heavy atom. The van der Waals surface area contributed by atoms with Crippen molar-refractivity contribution in [1.29, 1.82) is 10.5 Å². The van der Waals surface area contributed by atoms with Gasteiger partial charge < -0.3 is 11.1 Å². The highest BCUT2D eigenvalue weighted by Crippen LogP contribution is 2.25. The highest BCUT2D eigenvalue weighted by Gasteiger charge is 2.14. The quantitative estimate of drug-likeness (QED) is 0.468. The number of aromatic nitrogens is 3. The number of pyridine rings is 2. The van der Waals surface area contributed by atoms with Gasteiger partial charge in [-0.1, -0.05) is 48.2 Å². The minimum absolute atomic E-state index is 0.0175. The molecular weight excluding hydrogens is 410 g/mol. The number of imidazole rings is 1. The second-order valence-electron chi connectivity index (χ2n) is 6.47. The van der Waals surface area contributed by atoms with E-state index in [1.807, 2.05) is 65.2 Å². The summed E-state index contributed by atoms with van der Waals surface area (Å²) in [6, 6.07) is 20.5. The van der Waals surface area contributed by atoms with Gasteiger partial charge in [-0.25, -0.2) is 9.97 Å². The number of nitrogen functional groups attached to an aromatic ring is 1. The van der Waals surface area contributed by atoms with Crippen molar-refractivity contribution in [2.45, 2.75) is 5.03 Å². The number of nitrogens with one attached hydrogen (secondary N) is 1. The molecule has 0 unspecified atom stereocenters. The van der Waals surface area contributed by atoms with Gasteiger partial charge in [0.15, 0.2) is 0 Å². The number of fused-ring (bicyclic) bond motifs is 1. The van der Waals surface area contributed by atoms with E-state index in [4.69, 9.17) is 11.0 Å². The van der Waals surface area contributed by atoms with Crippen LogP contribution in [0, 0.1) is 22.7 Å². The molecule has 1 aromatic carbocycles. The van der Waals surface area contributed by atoms with E-state index >= 15 is 0 Å². The number of nitriles is 2. The predicted molar refractivity (Wildman–Crippen MR) is 118 cm³/mol. The first-order valence-electron chi connectivity index (χ1n) is 9.16. The molecule has 8 nitrogen and oxygen atoms in total. The molecule has 4 rings (SSSR count). The van der Waals surface area contributed by atoms with Gasteiger partial charge in [-0.05, 0) is 18.2 Å². The van der Waals surface area contributed by atoms with E-state index in [1.54, 1.807) is 6.07 Å². The molecule has 1 amide bonds. The Bertz CT molecular complexity index is 1370. The van der Waals surface area contributed by atoms with Crippen molar-refractivity contribution in [3.63, 3.8) is 0 Å². The number of anilines is 2. The number of hydrogen-bond donors (Lipinski definition) is 2. The number of carbonyl (C=O) groups is 1. The lowest BCUT2D eigenvalue weighted by Gasteiger charge is -2.08. The Labute approximate surface area is 182 Å². The van der Waals surface area contributed by atoms with Crippen LogP contribution in [0.15, 0.2) is 65.8 Å². The van der Waals surface area contributed by atoms with Crippen LogP contribution in [0.5, 0.6) is 0 Å². The second-order valence-corrected chi connectivity index (χ2v) is 7.43. The summed E-state index contributed by atoms with van der Waals surface area (Å²) in [6.45, 7) is 0. The minimum Gasteiger partial charge on any atom is -0.383 e. The van der Waals surface area contributed by atoms with Crippen molar-refractivity contribution in [3.8, 4) is 23.4 Å². The lowest BCUT2D eigenvalue weighted by Crippen LogP contribution is -2.16. The number of rotatable bonds is 5. The number of amides is 1. The van der Waals surface area contributed by atoms with Gasteiger partial charge in [0.25, 0.3) is 0 Å². The summed E-state index contributed by atoms with van der Waals surface area (Å²) < 4.78 is 1.81. The third-order valence-electron chi connectivity index (χ3n) is 4.43. The van der Waals surface area contributed by atoms with Gasteiger partial charge in [0, 0.05) is 11.8 Å². The van der Waals surface area contributed by atoms with Gasteiger partial charge in [0.1, 0.15) is 34.4 Å². The molecule has 31 heavy (non-hydrogen) atoms. The molecule has 0 aliphatic heterocycles. The van der Waals surface area contributed by atoms with E-state index in [2.05, 4.69) is 15.3 Å². The summed E-state index contributed by atoms with van der Waals surface area (Å²) in [5.74, 6) is 0.344. The first kappa shape index (κ1) is 20.0. The van der Waals surface area contributed by atoms with Crippen LogP contribution in [-0.2, 0) is 4.79 Å². The SMILES string of the molecule is N#Cc1cc(C#N)c(SCC(=O)Nc2cccc3nc(-c4ccccc4)cn23)nc1N. The van der Waals surface area contributed by atoms with Crippen molar-refractivity contribution >= 4 is 35.0 Å². The second kappa shape index (κ2) is 8.57. The van der Waals surface area contributed by atoms with Crippen molar-refractivity contribution in [1.82, 2.24) is 14.4 Å². The summed E-state index contributed by atoms with van der Waals surface area (Å²) >= 11 is 1.08. The van der Waals surface area contributed by atoms with Gasteiger partial charge in [0.2, 0.25) is 5.91 Å². The monoisotopic (exact) mass is 425 g/mol. The highest BCUT2D eigenvalue weighted by atomic mass is 32.2. The van der Waals surface area contributed by atoms with Crippen molar-refractivity contribution in [3.05, 3.63) is 71.9 Å². The fraction of sp³-hybridized carbons (Fsp3) is 0.0455. The highest BCUT2D eigenvalue weighted by molar-refractivity contribution is 8.00. The van der Waals surface area contributed by atoms with Crippen molar-refractivity contribution in [2.75, 3.05) is 16.8 Å². The van der Waals surface area contributed by atoms with Crippen LogP contribution < -0.4 is 11.1 Å². The van der Waals surface area contributed by atoms with E-state index in [9.17, 15) is 10.1 Å². The van der Waals surface area contributed by atoms with Gasteiger partial charge in [0.05, 0.1) is 22.6 Å². The molecule has 0 radical (unpaired) electrons. The van der Waals surface area contributed by atoms with E-state index in [-0.39, 0.29) is 28.6 Å². The number of hydrogen-bond acceptors (Lipinski definition) is 7. The molecule has 0 saturated carbocycles. The number of benzene rings is 1. The molecule has 0 aliphatic carbocycles. The summed E-state index contributed by atoms with van der Waals surface area (Å²) in [4.78, 5) is 21.2. The zero-order chi connectivity index (χ0) is 21.8. The van der Waals surface area contributed by atoms with Crippen LogP contribution >= 0.6 is 11.8 Å². The molecule has 3 heterocycles. The van der Waals surface area contributed by atoms with Crippen LogP contribution in [0.1, 0.15) is 11.1 Å². The smallest absolute Gasteiger partial charge is 0.235 e. The van der Waals surface area contributed by atoms with Crippen molar-refractivity contribution in [2.24, 2.45) is 0 Å². The summed E-state index contributed by atoms with van der Waals surface area (Å²) in [7, 11) is 0. The largest absolute Gasteiger partial charge is 0.383 e. The summed E-state index contributed by atoms with van der Waals surface area (Å²) in [5, 5.41) is 21.5. The maximum absolute atomic E-state index is 12.6. The fourth-order valence-electron chi connectivity index (χ4n) is 2.96. The Kier molecular flexibility index (Phi) is 5.52. The molecule has 0 bridgehead atoms. The number of thioether (sulfide) groups is 1. The zero-order valence-corrected chi connectivity index (χ0v) is 16.9. The molecule has 9 heteroatoms. The maximum Gasteiger partial charge on any atom is 0.235 e. The van der Waals surface area contributed by atoms with E-state index in [0.29, 0.717) is 16.5 Å². The number of carbonyl (C=O) groups excluding carboxylic acids is 1. The molecular formula is C22H15N7OS. The van der Waals surface area contributed by atoms with Crippen molar-refractivity contribution < 1.29 is 4.79 Å². The lowest BCUT2D eigenvalue weighted by atomic mass is 10.2. The predicted octanol–water partition coefficient (Wildman–Crippen LogP) is 3.45. The molecule has 0 saturated heterocycles. The third kappa shape index (κ3) is 4.17. The first-order valence-corrected chi connectivity index (χ1v) is 10.1. The van der Waals surface area contributed by atoms with Crippen LogP contribution in [0.2, 0.25) is 0 Å². The van der Waals surface area contributed by atoms with Crippen LogP contribution in [-0.4, -0.2) is 26.0 Å². The van der Waals surface area contributed by atoms with E-state index in [0.717, 1.165) is 23.0 Å². The Balaban J connectivity index is 1.52. The molecule has 3 aromatic heterocycles. The third-order valence-corrected chi connectivity index (χ3v) is 5.42. The maximum atomic E-state index is 12.6. The summed E-state index contributed by atoms with van der Waals surface area (Å²) in [5.41, 5.74) is 8.55. The average molecular weight is 425 g/mol. The minimum atomic E-state index is -0.277. The fourth-order valence-corrected chi connectivity index (χ4v) is 3.73. The Morgan fingerprint density at radius 1 is 1.06 bits per heavy atom. The molecule has 0 atom stereocenters. The van der Waals surface area contributed by atoms with Crippen LogP contribution in [0.3, 0.4) is 0 Å². The zero-order valence-electron chi connectivity index (χ0n) is 16.1. The number of nitrogens with two attached hydrogens (primary N) is 1. The standard InChI is InChI=1S/C22H15N7OS/c23-10-15-9-16(11-24)22(28-21(15)25)31-13-20(30)27-19-8-4-7-18-26-17(12-29(18)19)14-5-2-1-3-6-14/h1-9,12H,13H2,(H2,25,28)(H,27,30). The molecule has 0 aliphatic rings. The molecule has 0 spiro atoms. The van der Waals surface area contributed by atoms with E-state index < -0.39 is 0 Å². The average Bonchev–Trinajstić information content (AvgIpc) is 3.24. The molecule has 3 N–H and O–H groups in total. The first-order chi connectivity index (χ1) is 15.1. The van der Waals surface area contributed by atoms with Gasteiger partial charge in [-0.15, -0.1) is 0 Å². The lowest BCUT2D eigenvalue weighted by molar-refractivity contribution is -0.113. The van der Waals surface area contributed by atoms with Crippen LogP contribution in [0.4, 0.5) is 11.6 Å². The van der Waals surface area contributed by atoms with E-state index in [1.165, 1.54) is 6.07 Å². The number of nitrogens with zero attached hydrogens (tertiary/aromatic N) is 5. The normalized spacial score (nSPS) is 10.4. The Hall–Kier alpha value is -4.34. The summed E-state index contributed by atoms with van der Waals surface area (Å²) in [6.07, 6.45) is 1.87. The van der Waals surface area contributed by atoms with Crippen LogP contribution in [0.25, 0.3) is 16.9 Å².